The molecule has 4 heteroatoms. The first-order valence-corrected chi connectivity index (χ1v) is 31.6. The number of aryl methyl sites for hydroxylation is 1. The van der Waals surface area contributed by atoms with Crippen LogP contribution in [-0.4, -0.2) is 12.3 Å². The Morgan fingerprint density at radius 2 is 0.866 bits per heavy atom. The van der Waals surface area contributed by atoms with Crippen molar-refractivity contribution in [2.24, 2.45) is 0 Å². The highest BCUT2D eigenvalue weighted by Crippen LogP contribution is 2.63. The summed E-state index contributed by atoms with van der Waals surface area (Å²) in [6.07, 6.45) is 8.20. The summed E-state index contributed by atoms with van der Waals surface area (Å²) in [7, 11) is 0. The quantitative estimate of drug-likeness (QED) is 0.163. The molecule has 2 unspecified atom stereocenters. The maximum atomic E-state index is 2.88. The maximum absolute atomic E-state index is 2.88. The second-order valence-electron chi connectivity index (χ2n) is 32.9. The van der Waals surface area contributed by atoms with Gasteiger partial charge in [0.1, 0.15) is 0 Å². The van der Waals surface area contributed by atoms with Gasteiger partial charge in [-0.05, 0) is 204 Å². The second-order valence-corrected chi connectivity index (χ2v) is 32.9. The molecule has 2 atom stereocenters. The van der Waals surface area contributed by atoms with Crippen molar-refractivity contribution in [3.63, 3.8) is 0 Å². The molecule has 0 amide bonds. The van der Waals surface area contributed by atoms with E-state index < -0.39 is 0 Å². The SMILES string of the molecule is Cc1cc(C(C)(C)C)ccc1N1c2cc3c(cc2B2c4cc5c(cc4N(c4ccc(C(C)(C)C)cc4-c4ccccc4)c4cc(N6c7ccc(C(C)(C)C)cc7C7(C)CCCCC67C)cc1c42)C(C)(C)CC5(C)C)C(C)(C)CCC3(C)C. The zero-order valence-corrected chi connectivity index (χ0v) is 53.9. The second kappa shape index (κ2) is 17.5. The Labute approximate surface area is 495 Å². The topological polar surface area (TPSA) is 9.72 Å². The van der Waals surface area contributed by atoms with Gasteiger partial charge in [0.05, 0.1) is 11.2 Å². The number of rotatable bonds is 4. The first kappa shape index (κ1) is 55.2. The molecule has 1 saturated carbocycles. The van der Waals surface area contributed by atoms with E-state index in [-0.39, 0.29) is 55.6 Å². The fourth-order valence-electron chi connectivity index (χ4n) is 17.2. The fraction of sp³-hybridized carbons (Fsp3) is 0.462. The lowest BCUT2D eigenvalue weighted by Gasteiger charge is -2.51. The van der Waals surface area contributed by atoms with Crippen molar-refractivity contribution in [3.8, 4) is 11.1 Å². The Morgan fingerprint density at radius 1 is 0.402 bits per heavy atom. The molecular formula is C78H94BN3. The lowest BCUT2D eigenvalue weighted by Crippen LogP contribution is -2.62. The molecule has 3 aliphatic carbocycles. The van der Waals surface area contributed by atoms with Gasteiger partial charge in [-0.1, -0.05) is 210 Å². The summed E-state index contributed by atoms with van der Waals surface area (Å²) >= 11 is 0. The standard InChI is InChI=1S/C78H94BN3/c1-48-38-50(70(2,3)4)28-31-62(48)80-65-45-57-55(73(11,12)36-37-74(57,13)14)43-60(65)79-61-44-56-58(76(17,18)47-75(56,15)16)46-66(61)81(63-32-29-51(71(5,6)7)39-54(63)49-26-22-21-23-27-49)68-42-53(41-67(80)69(68)79)82-64-33-30-52(72(8,9)10)40-59(64)77(19)34-24-25-35-78(77,82)20/h21-23,26-33,38-46H,24-25,34-37,47H2,1-20H3. The Bertz CT molecular complexity index is 3810. The lowest BCUT2D eigenvalue weighted by atomic mass is 9.33. The number of hydrogen-bond acceptors (Lipinski definition) is 3. The van der Waals surface area contributed by atoms with Crippen LogP contribution in [0.15, 0.2) is 121 Å². The molecular weight excluding hydrogens is 990 g/mol. The van der Waals surface area contributed by atoms with Gasteiger partial charge in [-0.25, -0.2) is 0 Å². The van der Waals surface area contributed by atoms with E-state index in [4.69, 9.17) is 0 Å². The van der Waals surface area contributed by atoms with Crippen LogP contribution in [0.1, 0.15) is 227 Å². The van der Waals surface area contributed by atoms with Crippen LogP contribution in [0.3, 0.4) is 0 Å². The van der Waals surface area contributed by atoms with Crippen LogP contribution in [0, 0.1) is 6.92 Å². The van der Waals surface area contributed by atoms with Gasteiger partial charge < -0.3 is 14.7 Å². The van der Waals surface area contributed by atoms with Gasteiger partial charge in [-0.2, -0.15) is 0 Å². The van der Waals surface area contributed by atoms with Gasteiger partial charge in [0, 0.05) is 50.8 Å². The zero-order chi connectivity index (χ0) is 58.6. The monoisotopic (exact) mass is 1080 g/mol. The average molecular weight is 1080 g/mol. The molecule has 6 aliphatic rings. The van der Waals surface area contributed by atoms with Crippen LogP contribution < -0.4 is 31.1 Å². The number of nitrogens with zero attached hydrogens (tertiary/aromatic N) is 3. The van der Waals surface area contributed by atoms with Crippen molar-refractivity contribution in [1.82, 2.24) is 0 Å². The molecule has 13 rings (SSSR count). The predicted molar refractivity (Wildman–Crippen MR) is 355 cm³/mol. The van der Waals surface area contributed by atoms with Gasteiger partial charge in [0.2, 0.25) is 0 Å². The van der Waals surface area contributed by atoms with E-state index in [1.165, 1.54) is 149 Å². The van der Waals surface area contributed by atoms with Crippen molar-refractivity contribution >= 4 is 68.6 Å². The van der Waals surface area contributed by atoms with E-state index in [1.807, 2.05) is 0 Å². The third-order valence-electron chi connectivity index (χ3n) is 22.2. The van der Waals surface area contributed by atoms with E-state index in [2.05, 4.69) is 275 Å². The molecule has 424 valence electrons. The van der Waals surface area contributed by atoms with Crippen molar-refractivity contribution in [2.45, 2.75) is 232 Å². The number of hydrogen-bond donors (Lipinski definition) is 0. The summed E-state index contributed by atoms with van der Waals surface area (Å²) < 4.78 is 0. The molecule has 3 heterocycles. The van der Waals surface area contributed by atoms with Crippen molar-refractivity contribution in [1.29, 1.82) is 0 Å². The van der Waals surface area contributed by atoms with Crippen molar-refractivity contribution in [3.05, 3.63) is 171 Å². The number of fused-ring (bicyclic) bond motifs is 9. The van der Waals surface area contributed by atoms with E-state index in [9.17, 15) is 0 Å². The van der Waals surface area contributed by atoms with Gasteiger partial charge in [-0.15, -0.1) is 0 Å². The molecule has 0 radical (unpaired) electrons. The van der Waals surface area contributed by atoms with E-state index in [1.54, 1.807) is 0 Å². The van der Waals surface area contributed by atoms with Crippen LogP contribution in [0.4, 0.5) is 45.5 Å². The van der Waals surface area contributed by atoms with Crippen LogP contribution >= 0.6 is 0 Å². The summed E-state index contributed by atoms with van der Waals surface area (Å²) in [5.41, 5.74) is 29.9. The Hall–Kier alpha value is -6.00. The normalized spacial score (nSPS) is 22.4. The molecule has 0 N–H and O–H groups in total. The molecule has 7 aromatic rings. The van der Waals surface area contributed by atoms with Gasteiger partial charge in [0.25, 0.3) is 6.71 Å². The third kappa shape index (κ3) is 8.00. The first-order valence-electron chi connectivity index (χ1n) is 31.6. The highest BCUT2D eigenvalue weighted by Gasteiger charge is 2.59. The zero-order valence-electron chi connectivity index (χ0n) is 53.9. The summed E-state index contributed by atoms with van der Waals surface area (Å²) in [5.74, 6) is 0. The lowest BCUT2D eigenvalue weighted by molar-refractivity contribution is 0.195. The molecule has 82 heavy (non-hydrogen) atoms. The van der Waals surface area contributed by atoms with Gasteiger partial charge in [0.15, 0.2) is 0 Å². The molecule has 7 aromatic carbocycles. The molecule has 0 saturated heterocycles. The molecule has 0 bridgehead atoms. The predicted octanol–water partition coefficient (Wildman–Crippen LogP) is 19.7. The summed E-state index contributed by atoms with van der Waals surface area (Å²) in [5, 5.41) is 0. The summed E-state index contributed by atoms with van der Waals surface area (Å²) in [6.45, 7) is 49.1. The highest BCUT2D eigenvalue weighted by molar-refractivity contribution is 7.00. The van der Waals surface area contributed by atoms with Crippen LogP contribution in [-0.2, 0) is 43.3 Å². The minimum Gasteiger partial charge on any atom is -0.334 e. The largest absolute Gasteiger partial charge is 0.334 e. The minimum absolute atomic E-state index is 0.00458. The Kier molecular flexibility index (Phi) is 11.8. The van der Waals surface area contributed by atoms with Crippen molar-refractivity contribution < 1.29 is 0 Å². The molecule has 3 aliphatic heterocycles. The smallest absolute Gasteiger partial charge is 0.252 e. The summed E-state index contributed by atoms with van der Waals surface area (Å²) in [6, 6.07) is 50.1. The first-order chi connectivity index (χ1) is 38.2. The summed E-state index contributed by atoms with van der Waals surface area (Å²) in [4.78, 5) is 8.45. The van der Waals surface area contributed by atoms with Crippen molar-refractivity contribution in [2.75, 3.05) is 14.7 Å². The van der Waals surface area contributed by atoms with Crippen LogP contribution in [0.5, 0.6) is 0 Å². The maximum Gasteiger partial charge on any atom is 0.252 e. The molecule has 1 fully saturated rings. The molecule has 3 nitrogen and oxygen atoms in total. The highest BCUT2D eigenvalue weighted by atomic mass is 15.3. The van der Waals surface area contributed by atoms with E-state index in [0.717, 1.165) is 19.3 Å². The van der Waals surface area contributed by atoms with Crippen LogP contribution in [0.25, 0.3) is 11.1 Å². The number of benzene rings is 7. The molecule has 0 aromatic heterocycles. The van der Waals surface area contributed by atoms with Gasteiger partial charge in [-0.3, -0.25) is 0 Å². The third-order valence-corrected chi connectivity index (χ3v) is 22.2. The minimum atomic E-state index is -0.168. The Balaban J connectivity index is 1.22. The van der Waals surface area contributed by atoms with Gasteiger partial charge >= 0.3 is 0 Å². The van der Waals surface area contributed by atoms with Crippen LogP contribution in [0.2, 0.25) is 0 Å². The fourth-order valence-corrected chi connectivity index (χ4v) is 17.2. The number of anilines is 8. The van der Waals surface area contributed by atoms with E-state index in [0.29, 0.717) is 0 Å². The van der Waals surface area contributed by atoms with E-state index >= 15 is 0 Å². The Morgan fingerprint density at radius 3 is 1.41 bits per heavy atom. The average Bonchev–Trinajstić information content (AvgIpc) is 3.60. The molecule has 0 spiro atoms.